The molecule has 1 aliphatic carbocycles. The number of fused-ring (bicyclic) bond motifs is 2. The third kappa shape index (κ3) is 2.68. The number of halogens is 1. The number of nitrogens with zero attached hydrogens (tertiary/aromatic N) is 1. The van der Waals surface area contributed by atoms with Crippen LogP contribution in [0.4, 0.5) is 0 Å². The van der Waals surface area contributed by atoms with Crippen LogP contribution in [0.2, 0.25) is 0 Å². The number of hydrogen-bond acceptors (Lipinski definition) is 2. The van der Waals surface area contributed by atoms with Gasteiger partial charge in [0.05, 0.1) is 0 Å². The zero-order valence-electron chi connectivity index (χ0n) is 11.1. The minimum atomic E-state index is 0.500. The van der Waals surface area contributed by atoms with Crippen LogP contribution in [0.25, 0.3) is 0 Å². The Morgan fingerprint density at radius 1 is 1.37 bits per heavy atom. The van der Waals surface area contributed by atoms with Gasteiger partial charge in [-0.1, -0.05) is 40.8 Å². The summed E-state index contributed by atoms with van der Waals surface area (Å²) < 4.78 is 2.12. The normalized spacial score (nSPS) is 27.2. The van der Waals surface area contributed by atoms with E-state index in [9.17, 15) is 5.11 Å². The second-order valence-electron chi connectivity index (χ2n) is 5.65. The molecule has 0 saturated carbocycles. The van der Waals surface area contributed by atoms with Gasteiger partial charge in [0.15, 0.2) is 0 Å². The van der Waals surface area contributed by atoms with Gasteiger partial charge in [0.25, 0.3) is 0 Å². The van der Waals surface area contributed by atoms with Gasteiger partial charge in [0.1, 0.15) is 5.75 Å². The van der Waals surface area contributed by atoms with Crippen molar-refractivity contribution in [1.29, 1.82) is 0 Å². The molecule has 1 N–H and O–H groups in total. The van der Waals surface area contributed by atoms with Crippen LogP contribution >= 0.6 is 22.6 Å². The van der Waals surface area contributed by atoms with E-state index >= 15 is 0 Å². The van der Waals surface area contributed by atoms with Gasteiger partial charge in [-0.15, -0.1) is 0 Å². The van der Waals surface area contributed by atoms with Crippen LogP contribution in [0.15, 0.2) is 28.4 Å². The molecular weight excluding hydrogens is 349 g/mol. The number of aromatic hydroxyl groups is 1. The molecule has 2 atom stereocenters. The molecule has 1 aromatic carbocycles. The van der Waals surface area contributed by atoms with E-state index in [1.54, 1.807) is 0 Å². The lowest BCUT2D eigenvalue weighted by atomic mass is 9.75. The first-order chi connectivity index (χ1) is 9.29. The number of benzene rings is 1. The first-order valence-electron chi connectivity index (χ1n) is 7.08. The monoisotopic (exact) mass is 369 g/mol. The topological polar surface area (TPSA) is 23.5 Å². The van der Waals surface area contributed by atoms with Gasteiger partial charge in [0, 0.05) is 12.6 Å². The molecule has 1 heterocycles. The molecule has 19 heavy (non-hydrogen) atoms. The van der Waals surface area contributed by atoms with Crippen molar-refractivity contribution in [1.82, 2.24) is 4.90 Å². The molecule has 1 saturated heterocycles. The van der Waals surface area contributed by atoms with E-state index in [2.05, 4.69) is 43.7 Å². The Kier molecular flexibility index (Phi) is 4.12. The van der Waals surface area contributed by atoms with Crippen molar-refractivity contribution in [3.8, 4) is 5.75 Å². The standard InChI is InChI=1S/C16H20INO/c17-7-3-9-18-8-2-5-13-10-14-12(11-15(13)18)4-1-6-16(14)19/h1,3-4,6-7,13,15,19H,2,5,8-11H2/b7-3+/t13-,15-/m1/s1. The second-order valence-corrected chi connectivity index (χ2v) is 6.37. The molecular formula is C16H20INO. The fourth-order valence-electron chi connectivity index (χ4n) is 3.68. The lowest BCUT2D eigenvalue weighted by Gasteiger charge is -2.44. The third-order valence-corrected chi connectivity index (χ3v) is 5.11. The van der Waals surface area contributed by atoms with Crippen molar-refractivity contribution in [2.24, 2.45) is 5.92 Å². The van der Waals surface area contributed by atoms with E-state index in [0.717, 1.165) is 25.3 Å². The summed E-state index contributed by atoms with van der Waals surface area (Å²) in [5.74, 6) is 1.22. The first kappa shape index (κ1) is 13.4. The van der Waals surface area contributed by atoms with Gasteiger partial charge in [0.2, 0.25) is 0 Å². The van der Waals surface area contributed by atoms with E-state index in [0.29, 0.717) is 11.8 Å². The van der Waals surface area contributed by atoms with Gasteiger partial charge in [-0.3, -0.25) is 4.90 Å². The highest BCUT2D eigenvalue weighted by Gasteiger charge is 2.35. The average molecular weight is 369 g/mol. The van der Waals surface area contributed by atoms with Gasteiger partial charge in [-0.2, -0.15) is 0 Å². The fourth-order valence-corrected chi connectivity index (χ4v) is 3.91. The second kappa shape index (κ2) is 5.83. The van der Waals surface area contributed by atoms with E-state index in [4.69, 9.17) is 0 Å². The van der Waals surface area contributed by atoms with Crippen molar-refractivity contribution in [3.05, 3.63) is 39.5 Å². The van der Waals surface area contributed by atoms with E-state index in [-0.39, 0.29) is 0 Å². The summed E-state index contributed by atoms with van der Waals surface area (Å²) in [5.41, 5.74) is 2.56. The molecule has 102 valence electrons. The van der Waals surface area contributed by atoms with Gasteiger partial charge in [-0.25, -0.2) is 0 Å². The maximum Gasteiger partial charge on any atom is 0.119 e. The van der Waals surface area contributed by atoms with Crippen LogP contribution in [0.5, 0.6) is 5.75 Å². The lowest BCUT2D eigenvalue weighted by molar-refractivity contribution is 0.0966. The van der Waals surface area contributed by atoms with Gasteiger partial charge in [-0.05, 0) is 59.4 Å². The molecule has 0 spiro atoms. The zero-order valence-corrected chi connectivity index (χ0v) is 13.2. The molecule has 0 radical (unpaired) electrons. The molecule has 0 bridgehead atoms. The summed E-state index contributed by atoms with van der Waals surface area (Å²) in [7, 11) is 0. The number of likely N-dealkylation sites (tertiary alicyclic amines) is 1. The summed E-state index contributed by atoms with van der Waals surface area (Å²) in [6.07, 6.45) is 7.00. The van der Waals surface area contributed by atoms with Crippen LogP contribution < -0.4 is 0 Å². The number of phenols is 1. The quantitative estimate of drug-likeness (QED) is 0.807. The Morgan fingerprint density at radius 2 is 2.26 bits per heavy atom. The van der Waals surface area contributed by atoms with Crippen LogP contribution in [-0.4, -0.2) is 29.1 Å². The lowest BCUT2D eigenvalue weighted by Crippen LogP contribution is -2.49. The van der Waals surface area contributed by atoms with Crippen LogP contribution in [-0.2, 0) is 12.8 Å². The maximum atomic E-state index is 10.0. The van der Waals surface area contributed by atoms with Crippen molar-refractivity contribution in [2.75, 3.05) is 13.1 Å². The number of phenolic OH excluding ortho intramolecular Hbond substituents is 1. The molecule has 0 aromatic heterocycles. The molecule has 3 heteroatoms. The summed E-state index contributed by atoms with van der Waals surface area (Å²) in [4.78, 5) is 2.62. The molecule has 2 aliphatic rings. The van der Waals surface area contributed by atoms with Crippen LogP contribution in [0.1, 0.15) is 24.0 Å². The number of hydrogen-bond donors (Lipinski definition) is 1. The largest absolute Gasteiger partial charge is 0.508 e. The number of piperidine rings is 1. The molecule has 3 rings (SSSR count). The zero-order chi connectivity index (χ0) is 13.2. The summed E-state index contributed by atoms with van der Waals surface area (Å²) in [6.45, 7) is 2.29. The summed E-state index contributed by atoms with van der Waals surface area (Å²) >= 11 is 2.30. The number of rotatable bonds is 2. The minimum Gasteiger partial charge on any atom is -0.508 e. The third-order valence-electron chi connectivity index (χ3n) is 4.61. The highest BCUT2D eigenvalue weighted by Crippen LogP contribution is 2.38. The Morgan fingerprint density at radius 3 is 3.11 bits per heavy atom. The highest BCUT2D eigenvalue weighted by atomic mass is 127. The van der Waals surface area contributed by atoms with E-state index in [1.807, 2.05) is 12.1 Å². The fraction of sp³-hybridized carbons (Fsp3) is 0.500. The predicted molar refractivity (Wildman–Crippen MR) is 86.8 cm³/mol. The Balaban J connectivity index is 1.85. The predicted octanol–water partition coefficient (Wildman–Crippen LogP) is 3.52. The molecule has 0 unspecified atom stereocenters. The Bertz CT molecular complexity index is 486. The van der Waals surface area contributed by atoms with Gasteiger partial charge < -0.3 is 5.11 Å². The molecule has 1 aliphatic heterocycles. The van der Waals surface area contributed by atoms with Crippen molar-refractivity contribution >= 4 is 22.6 Å². The minimum absolute atomic E-state index is 0.500. The molecule has 1 fully saturated rings. The van der Waals surface area contributed by atoms with E-state index < -0.39 is 0 Å². The average Bonchev–Trinajstić information content (AvgIpc) is 2.44. The Hall–Kier alpha value is -0.550. The van der Waals surface area contributed by atoms with Crippen molar-refractivity contribution in [2.45, 2.75) is 31.7 Å². The van der Waals surface area contributed by atoms with Crippen molar-refractivity contribution in [3.63, 3.8) is 0 Å². The molecule has 1 aromatic rings. The highest BCUT2D eigenvalue weighted by molar-refractivity contribution is 14.1. The molecule has 2 nitrogen and oxygen atoms in total. The van der Waals surface area contributed by atoms with Crippen LogP contribution in [0, 0.1) is 5.92 Å². The SMILES string of the molecule is Oc1cccc2c1C[C@H]1CCCN(C/C=C/I)[C@@H]1C2. The summed E-state index contributed by atoms with van der Waals surface area (Å²) in [6, 6.07) is 6.66. The van der Waals surface area contributed by atoms with Gasteiger partial charge >= 0.3 is 0 Å². The summed E-state index contributed by atoms with van der Waals surface area (Å²) in [5, 5.41) is 10.0. The van der Waals surface area contributed by atoms with E-state index in [1.165, 1.54) is 30.5 Å². The Labute approximate surface area is 128 Å². The van der Waals surface area contributed by atoms with Crippen molar-refractivity contribution < 1.29 is 5.11 Å². The molecule has 0 amide bonds. The maximum absolute atomic E-state index is 10.0. The van der Waals surface area contributed by atoms with Crippen LogP contribution in [0.3, 0.4) is 0 Å². The first-order valence-corrected chi connectivity index (χ1v) is 8.33. The smallest absolute Gasteiger partial charge is 0.119 e.